The minimum Gasteiger partial charge on any atom is -0.476 e. The van der Waals surface area contributed by atoms with Crippen LogP contribution in [0.1, 0.15) is 24.5 Å². The van der Waals surface area contributed by atoms with Crippen LogP contribution >= 0.6 is 12.4 Å². The quantitative estimate of drug-likeness (QED) is 0.871. The van der Waals surface area contributed by atoms with E-state index < -0.39 is 6.10 Å². The second-order valence-electron chi connectivity index (χ2n) is 7.30. The number of carbonyl (C=O) groups is 1. The van der Waals surface area contributed by atoms with Crippen LogP contribution in [0.15, 0.2) is 60.7 Å². The molecular weight excluding hydrogens is 360 g/mol. The smallest absolute Gasteiger partial charge is 0.268 e. The fourth-order valence-corrected chi connectivity index (χ4v) is 4.13. The number of halogens is 1. The fourth-order valence-electron chi connectivity index (χ4n) is 4.13. The Bertz CT molecular complexity index is 712. The van der Waals surface area contributed by atoms with Gasteiger partial charge in [-0.25, -0.2) is 0 Å². The molecule has 3 atom stereocenters. The molecule has 5 heteroatoms. The molecule has 0 bridgehead atoms. The van der Waals surface area contributed by atoms with E-state index in [-0.39, 0.29) is 18.3 Å². The lowest BCUT2D eigenvalue weighted by atomic mass is 9.92. The molecule has 2 aromatic rings. The number of nitrogens with zero attached hydrogens (tertiary/aromatic N) is 1. The van der Waals surface area contributed by atoms with Gasteiger partial charge in [0.1, 0.15) is 5.75 Å². The van der Waals surface area contributed by atoms with Crippen molar-refractivity contribution in [3.8, 4) is 5.75 Å². The number of fused-ring (bicyclic) bond motifs is 1. The van der Waals surface area contributed by atoms with E-state index in [4.69, 9.17) is 4.74 Å². The van der Waals surface area contributed by atoms with Gasteiger partial charge in [0.2, 0.25) is 6.10 Å². The Labute approximate surface area is 167 Å². The maximum Gasteiger partial charge on any atom is 0.268 e. The predicted molar refractivity (Wildman–Crippen MR) is 109 cm³/mol. The van der Waals surface area contributed by atoms with Crippen LogP contribution in [0.2, 0.25) is 0 Å². The lowest BCUT2D eigenvalue weighted by Gasteiger charge is -2.27. The van der Waals surface area contributed by atoms with Crippen LogP contribution in [0.4, 0.5) is 0 Å². The van der Waals surface area contributed by atoms with Crippen molar-refractivity contribution in [2.75, 3.05) is 26.2 Å². The SMILES string of the molecule is Cl.O=C(C(Oc1ccccc1)c1ccccc1)N1CC[C@@H]2CNC[C@@H]2CC1. The van der Waals surface area contributed by atoms with E-state index >= 15 is 0 Å². The van der Waals surface area contributed by atoms with Crippen molar-refractivity contribution >= 4 is 18.3 Å². The Balaban J connectivity index is 0.00000210. The zero-order chi connectivity index (χ0) is 17.8. The van der Waals surface area contributed by atoms with E-state index in [0.29, 0.717) is 11.8 Å². The molecule has 0 aromatic heterocycles. The first-order valence-corrected chi connectivity index (χ1v) is 9.57. The molecular formula is C22H27ClN2O2. The maximum atomic E-state index is 13.4. The summed E-state index contributed by atoms with van der Waals surface area (Å²) in [7, 11) is 0. The molecule has 2 heterocycles. The average Bonchev–Trinajstić information content (AvgIpc) is 3.05. The van der Waals surface area contributed by atoms with Gasteiger partial charge >= 0.3 is 0 Å². The second-order valence-corrected chi connectivity index (χ2v) is 7.30. The Hall–Kier alpha value is -2.04. The third-order valence-corrected chi connectivity index (χ3v) is 5.65. The molecule has 4 rings (SSSR count). The Morgan fingerprint density at radius 2 is 1.48 bits per heavy atom. The first kappa shape index (κ1) is 19.7. The van der Waals surface area contributed by atoms with Crippen LogP contribution in [0.25, 0.3) is 0 Å². The van der Waals surface area contributed by atoms with Gasteiger partial charge in [-0.2, -0.15) is 0 Å². The molecule has 1 amide bonds. The molecule has 2 fully saturated rings. The summed E-state index contributed by atoms with van der Waals surface area (Å²) in [6.07, 6.45) is 1.57. The standard InChI is InChI=1S/C22H26N2O2.ClH/c25-22(24-13-11-18-15-23-16-19(18)12-14-24)21(17-7-3-1-4-8-17)26-20-9-5-2-6-10-20;/h1-10,18-19,21,23H,11-16H2;1H/t18-,19+,21?;. The molecule has 27 heavy (non-hydrogen) atoms. The zero-order valence-electron chi connectivity index (χ0n) is 15.4. The highest BCUT2D eigenvalue weighted by Crippen LogP contribution is 2.30. The molecule has 2 saturated heterocycles. The maximum absolute atomic E-state index is 13.4. The molecule has 0 aliphatic carbocycles. The summed E-state index contributed by atoms with van der Waals surface area (Å²) in [5, 5.41) is 3.49. The van der Waals surface area contributed by atoms with Crippen LogP contribution in [0, 0.1) is 11.8 Å². The molecule has 144 valence electrons. The Kier molecular flexibility index (Phi) is 6.75. The van der Waals surface area contributed by atoms with Crippen molar-refractivity contribution in [3.63, 3.8) is 0 Å². The molecule has 0 saturated carbocycles. The number of amides is 1. The molecule has 1 N–H and O–H groups in total. The van der Waals surface area contributed by atoms with Crippen molar-refractivity contribution in [1.29, 1.82) is 0 Å². The van der Waals surface area contributed by atoms with Crippen molar-refractivity contribution in [2.45, 2.75) is 18.9 Å². The first-order chi connectivity index (χ1) is 12.8. The van der Waals surface area contributed by atoms with Crippen LogP contribution in [0.5, 0.6) is 5.75 Å². The van der Waals surface area contributed by atoms with Gasteiger partial charge < -0.3 is 15.0 Å². The highest BCUT2D eigenvalue weighted by Gasteiger charge is 2.34. The number of benzene rings is 2. The molecule has 2 aromatic carbocycles. The number of hydrogen-bond donors (Lipinski definition) is 1. The fraction of sp³-hybridized carbons (Fsp3) is 0.409. The minimum absolute atomic E-state index is 0. The van der Waals surface area contributed by atoms with Gasteiger partial charge in [0.05, 0.1) is 0 Å². The highest BCUT2D eigenvalue weighted by molar-refractivity contribution is 5.85. The number of likely N-dealkylation sites (tertiary alicyclic amines) is 1. The summed E-state index contributed by atoms with van der Waals surface area (Å²) in [5.41, 5.74) is 0.910. The van der Waals surface area contributed by atoms with Crippen molar-refractivity contribution in [1.82, 2.24) is 10.2 Å². The van der Waals surface area contributed by atoms with Crippen molar-refractivity contribution in [2.24, 2.45) is 11.8 Å². The summed E-state index contributed by atoms with van der Waals surface area (Å²) in [6.45, 7) is 3.83. The zero-order valence-corrected chi connectivity index (χ0v) is 16.2. The van der Waals surface area contributed by atoms with Crippen molar-refractivity contribution in [3.05, 3.63) is 66.2 Å². The summed E-state index contributed by atoms with van der Waals surface area (Å²) < 4.78 is 6.15. The highest BCUT2D eigenvalue weighted by atomic mass is 35.5. The van der Waals surface area contributed by atoms with Gasteiger partial charge in [-0.3, -0.25) is 4.79 Å². The molecule has 0 spiro atoms. The lowest BCUT2D eigenvalue weighted by molar-refractivity contribution is -0.139. The Morgan fingerprint density at radius 1 is 0.926 bits per heavy atom. The topological polar surface area (TPSA) is 41.6 Å². The third kappa shape index (κ3) is 4.63. The number of ether oxygens (including phenoxy) is 1. The second kappa shape index (κ2) is 9.25. The van der Waals surface area contributed by atoms with Gasteiger partial charge in [-0.05, 0) is 49.9 Å². The summed E-state index contributed by atoms with van der Waals surface area (Å²) in [6, 6.07) is 19.5. The lowest BCUT2D eigenvalue weighted by Crippen LogP contribution is -2.38. The monoisotopic (exact) mass is 386 g/mol. The largest absolute Gasteiger partial charge is 0.476 e. The number of hydrogen-bond acceptors (Lipinski definition) is 3. The number of para-hydroxylation sites is 1. The molecule has 0 radical (unpaired) electrons. The van der Waals surface area contributed by atoms with Gasteiger partial charge in [-0.15, -0.1) is 12.4 Å². The van der Waals surface area contributed by atoms with Gasteiger partial charge in [0, 0.05) is 18.7 Å². The summed E-state index contributed by atoms with van der Waals surface area (Å²) in [4.78, 5) is 15.4. The Morgan fingerprint density at radius 3 is 2.07 bits per heavy atom. The van der Waals surface area contributed by atoms with E-state index in [1.165, 1.54) is 0 Å². The predicted octanol–water partition coefficient (Wildman–Crippen LogP) is 3.69. The van der Waals surface area contributed by atoms with Crippen LogP contribution < -0.4 is 10.1 Å². The van der Waals surface area contributed by atoms with Gasteiger partial charge in [0.25, 0.3) is 5.91 Å². The molecule has 1 unspecified atom stereocenters. The van der Waals surface area contributed by atoms with Crippen LogP contribution in [0.3, 0.4) is 0 Å². The van der Waals surface area contributed by atoms with Crippen molar-refractivity contribution < 1.29 is 9.53 Å². The van der Waals surface area contributed by atoms with E-state index in [1.54, 1.807) is 0 Å². The average molecular weight is 387 g/mol. The first-order valence-electron chi connectivity index (χ1n) is 9.57. The molecule has 4 nitrogen and oxygen atoms in total. The molecule has 2 aliphatic rings. The normalized spacial score (nSPS) is 22.9. The van der Waals surface area contributed by atoms with Crippen LogP contribution in [-0.4, -0.2) is 37.0 Å². The molecule has 2 aliphatic heterocycles. The van der Waals surface area contributed by atoms with E-state index in [2.05, 4.69) is 5.32 Å². The van der Waals surface area contributed by atoms with Crippen LogP contribution in [-0.2, 0) is 4.79 Å². The summed E-state index contributed by atoms with van der Waals surface area (Å²) in [5.74, 6) is 2.22. The van der Waals surface area contributed by atoms with E-state index in [0.717, 1.165) is 50.3 Å². The number of carbonyl (C=O) groups excluding carboxylic acids is 1. The van der Waals surface area contributed by atoms with E-state index in [9.17, 15) is 4.79 Å². The number of nitrogens with one attached hydrogen (secondary N) is 1. The van der Waals surface area contributed by atoms with Gasteiger partial charge in [0.15, 0.2) is 0 Å². The number of rotatable bonds is 4. The minimum atomic E-state index is -0.588. The third-order valence-electron chi connectivity index (χ3n) is 5.65. The summed E-state index contributed by atoms with van der Waals surface area (Å²) >= 11 is 0. The van der Waals surface area contributed by atoms with E-state index in [1.807, 2.05) is 65.6 Å². The van der Waals surface area contributed by atoms with Gasteiger partial charge in [-0.1, -0.05) is 48.5 Å².